The number of halogens is 3. The molecule has 1 aliphatic rings. The van der Waals surface area contributed by atoms with Crippen molar-refractivity contribution in [1.29, 1.82) is 0 Å². The van der Waals surface area contributed by atoms with E-state index in [0.29, 0.717) is 16.6 Å². The fourth-order valence-electron chi connectivity index (χ4n) is 2.98. The Bertz CT molecular complexity index is 427. The van der Waals surface area contributed by atoms with Gasteiger partial charge in [-0.1, -0.05) is 19.3 Å². The Morgan fingerprint density at radius 1 is 1.22 bits per heavy atom. The standard InChI is InChI=1S/C14H18BrF2N/c1-9-7-10(15)13(17)11(12(9)16)14(8-18)5-3-2-4-6-14/h7H,2-6,8,18H2,1H3. The van der Waals surface area contributed by atoms with Gasteiger partial charge < -0.3 is 5.73 Å². The molecule has 0 heterocycles. The normalized spacial score (nSPS) is 18.9. The molecule has 0 spiro atoms. The monoisotopic (exact) mass is 317 g/mol. The molecule has 0 amide bonds. The quantitative estimate of drug-likeness (QED) is 0.813. The molecule has 1 aliphatic carbocycles. The van der Waals surface area contributed by atoms with E-state index in [0.717, 1.165) is 32.1 Å². The van der Waals surface area contributed by atoms with E-state index in [1.165, 1.54) is 6.07 Å². The van der Waals surface area contributed by atoms with E-state index in [9.17, 15) is 8.78 Å². The van der Waals surface area contributed by atoms with Crippen LogP contribution in [0.25, 0.3) is 0 Å². The maximum Gasteiger partial charge on any atom is 0.144 e. The van der Waals surface area contributed by atoms with Crippen LogP contribution in [0.4, 0.5) is 8.78 Å². The molecule has 4 heteroatoms. The molecule has 0 aliphatic heterocycles. The van der Waals surface area contributed by atoms with Crippen molar-refractivity contribution >= 4 is 15.9 Å². The Kier molecular flexibility index (Phi) is 4.07. The second-order valence-electron chi connectivity index (χ2n) is 5.22. The smallest absolute Gasteiger partial charge is 0.144 e. The lowest BCUT2D eigenvalue weighted by molar-refractivity contribution is 0.280. The highest BCUT2D eigenvalue weighted by Gasteiger charge is 2.38. The molecule has 1 fully saturated rings. The van der Waals surface area contributed by atoms with E-state index in [1.807, 2.05) is 0 Å². The maximum absolute atomic E-state index is 14.3. The molecule has 0 bridgehead atoms. The Balaban J connectivity index is 2.61. The minimum absolute atomic E-state index is 0.191. The van der Waals surface area contributed by atoms with Crippen LogP contribution in [0.5, 0.6) is 0 Å². The molecular formula is C14H18BrF2N. The third-order valence-corrected chi connectivity index (χ3v) is 4.65. The molecule has 1 aromatic carbocycles. The van der Waals surface area contributed by atoms with Gasteiger partial charge in [-0.15, -0.1) is 0 Å². The van der Waals surface area contributed by atoms with Gasteiger partial charge >= 0.3 is 0 Å². The van der Waals surface area contributed by atoms with Crippen LogP contribution in [0, 0.1) is 18.6 Å². The van der Waals surface area contributed by atoms with E-state index >= 15 is 0 Å². The van der Waals surface area contributed by atoms with Crippen molar-refractivity contribution in [1.82, 2.24) is 0 Å². The Labute approximate surface area is 115 Å². The van der Waals surface area contributed by atoms with Crippen molar-refractivity contribution in [3.63, 3.8) is 0 Å². The van der Waals surface area contributed by atoms with Crippen LogP contribution in [-0.2, 0) is 5.41 Å². The molecule has 2 N–H and O–H groups in total. The summed E-state index contributed by atoms with van der Waals surface area (Å²) in [6.07, 6.45) is 4.64. The van der Waals surface area contributed by atoms with Crippen LogP contribution in [0.15, 0.2) is 10.5 Å². The minimum atomic E-state index is -0.527. The first-order chi connectivity index (χ1) is 8.52. The molecule has 0 saturated heterocycles. The van der Waals surface area contributed by atoms with E-state index in [-0.39, 0.29) is 5.56 Å². The Morgan fingerprint density at radius 2 is 1.83 bits per heavy atom. The van der Waals surface area contributed by atoms with Crippen LogP contribution in [-0.4, -0.2) is 6.54 Å². The lowest BCUT2D eigenvalue weighted by Gasteiger charge is -2.37. The highest BCUT2D eigenvalue weighted by atomic mass is 79.9. The zero-order valence-corrected chi connectivity index (χ0v) is 12.1. The van der Waals surface area contributed by atoms with Gasteiger partial charge in [0.15, 0.2) is 0 Å². The minimum Gasteiger partial charge on any atom is -0.330 e. The Morgan fingerprint density at radius 3 is 2.39 bits per heavy atom. The number of nitrogens with two attached hydrogens (primary N) is 1. The molecule has 1 nitrogen and oxygen atoms in total. The van der Waals surface area contributed by atoms with Gasteiger partial charge in [0, 0.05) is 17.5 Å². The molecule has 0 atom stereocenters. The van der Waals surface area contributed by atoms with E-state index in [2.05, 4.69) is 15.9 Å². The number of aryl methyl sites for hydroxylation is 1. The third kappa shape index (κ3) is 2.21. The number of rotatable bonds is 2. The predicted molar refractivity (Wildman–Crippen MR) is 72.6 cm³/mol. The summed E-state index contributed by atoms with van der Waals surface area (Å²) < 4.78 is 29.0. The van der Waals surface area contributed by atoms with Gasteiger partial charge in [0.2, 0.25) is 0 Å². The van der Waals surface area contributed by atoms with Gasteiger partial charge in [0.25, 0.3) is 0 Å². The number of benzene rings is 1. The summed E-state index contributed by atoms with van der Waals surface area (Å²) in [7, 11) is 0. The van der Waals surface area contributed by atoms with Crippen LogP contribution >= 0.6 is 15.9 Å². The van der Waals surface area contributed by atoms with Crippen LogP contribution in [0.3, 0.4) is 0 Å². The highest BCUT2D eigenvalue weighted by Crippen LogP contribution is 2.43. The second-order valence-corrected chi connectivity index (χ2v) is 6.08. The number of hydrogen-bond donors (Lipinski definition) is 1. The molecule has 0 aromatic heterocycles. The Hall–Kier alpha value is -0.480. The van der Waals surface area contributed by atoms with Gasteiger partial charge in [-0.2, -0.15) is 0 Å². The number of hydrogen-bond acceptors (Lipinski definition) is 1. The SMILES string of the molecule is Cc1cc(Br)c(F)c(C2(CN)CCCCC2)c1F. The van der Waals surface area contributed by atoms with E-state index in [4.69, 9.17) is 5.73 Å². The third-order valence-electron chi connectivity index (χ3n) is 4.07. The van der Waals surface area contributed by atoms with Gasteiger partial charge in [0.05, 0.1) is 4.47 Å². The summed E-state index contributed by atoms with van der Waals surface area (Å²) in [5.74, 6) is -0.909. The van der Waals surface area contributed by atoms with Crippen molar-refractivity contribution in [3.8, 4) is 0 Å². The topological polar surface area (TPSA) is 26.0 Å². The lowest BCUT2D eigenvalue weighted by atomic mass is 9.69. The first-order valence-electron chi connectivity index (χ1n) is 6.36. The average molecular weight is 318 g/mol. The largest absolute Gasteiger partial charge is 0.330 e. The first-order valence-corrected chi connectivity index (χ1v) is 7.16. The van der Waals surface area contributed by atoms with Gasteiger partial charge in [-0.3, -0.25) is 0 Å². The predicted octanol–water partition coefficient (Wildman–Crippen LogP) is 4.20. The van der Waals surface area contributed by atoms with Gasteiger partial charge in [-0.05, 0) is 47.3 Å². The van der Waals surface area contributed by atoms with Crippen molar-refractivity contribution < 1.29 is 8.78 Å². The molecule has 0 radical (unpaired) electrons. The molecule has 1 aromatic rings. The maximum atomic E-state index is 14.3. The average Bonchev–Trinajstić information content (AvgIpc) is 2.38. The van der Waals surface area contributed by atoms with E-state index < -0.39 is 17.0 Å². The second kappa shape index (κ2) is 5.25. The van der Waals surface area contributed by atoms with Crippen molar-refractivity contribution in [2.45, 2.75) is 44.4 Å². The van der Waals surface area contributed by atoms with Gasteiger partial charge in [-0.25, -0.2) is 8.78 Å². The summed E-state index contributed by atoms with van der Waals surface area (Å²) >= 11 is 3.17. The van der Waals surface area contributed by atoms with E-state index in [1.54, 1.807) is 6.92 Å². The highest BCUT2D eigenvalue weighted by molar-refractivity contribution is 9.10. The lowest BCUT2D eigenvalue weighted by Crippen LogP contribution is -2.39. The molecule has 2 rings (SSSR count). The fourth-order valence-corrected chi connectivity index (χ4v) is 3.52. The molecule has 100 valence electrons. The summed E-state index contributed by atoms with van der Waals surface area (Å²) in [4.78, 5) is 0. The molecule has 18 heavy (non-hydrogen) atoms. The van der Waals surface area contributed by atoms with Crippen LogP contribution < -0.4 is 5.73 Å². The zero-order valence-electron chi connectivity index (χ0n) is 10.5. The summed E-state index contributed by atoms with van der Waals surface area (Å²) in [6, 6.07) is 1.49. The molecule has 1 saturated carbocycles. The van der Waals surface area contributed by atoms with Crippen LogP contribution in [0.1, 0.15) is 43.2 Å². The van der Waals surface area contributed by atoms with Crippen molar-refractivity contribution in [3.05, 3.63) is 33.3 Å². The molecular weight excluding hydrogens is 300 g/mol. The van der Waals surface area contributed by atoms with Gasteiger partial charge in [0.1, 0.15) is 11.6 Å². The van der Waals surface area contributed by atoms with Crippen molar-refractivity contribution in [2.24, 2.45) is 5.73 Å². The molecule has 0 unspecified atom stereocenters. The summed E-state index contributed by atoms with van der Waals surface area (Å²) in [6.45, 7) is 1.97. The fraction of sp³-hybridized carbons (Fsp3) is 0.571. The summed E-state index contributed by atoms with van der Waals surface area (Å²) in [5, 5.41) is 0. The zero-order chi connectivity index (χ0) is 13.3. The summed E-state index contributed by atoms with van der Waals surface area (Å²) in [5.41, 5.74) is 5.99. The van der Waals surface area contributed by atoms with Crippen molar-refractivity contribution in [2.75, 3.05) is 6.54 Å². The first kappa shape index (κ1) is 13.9. The van der Waals surface area contributed by atoms with Crippen LogP contribution in [0.2, 0.25) is 0 Å².